The Kier molecular flexibility index (Phi) is 7.40. The quantitative estimate of drug-likeness (QED) is 0.230. The largest absolute Gasteiger partial charge is 0.490 e. The number of ketones is 1. The maximum atomic E-state index is 12.7. The Balaban J connectivity index is 2.20. The van der Waals surface area contributed by atoms with Crippen molar-refractivity contribution in [2.45, 2.75) is 4.90 Å². The molecule has 0 aliphatic heterocycles. The summed E-state index contributed by atoms with van der Waals surface area (Å²) in [6, 6.07) is 13.0. The lowest BCUT2D eigenvalue weighted by atomic mass is 10.0. The SMILES string of the molecule is CSc1cc(OCC=CCBr)ccc1C(=O)c1ccc(Br)cc1. The monoisotopic (exact) mass is 454 g/mol. The van der Waals surface area contributed by atoms with Gasteiger partial charge in [-0.15, -0.1) is 11.8 Å². The number of allylic oxidation sites excluding steroid dienone is 1. The van der Waals surface area contributed by atoms with Crippen molar-refractivity contribution in [1.29, 1.82) is 0 Å². The Bertz CT molecular complexity index is 697. The van der Waals surface area contributed by atoms with Crippen LogP contribution in [0.15, 0.2) is 64.0 Å². The summed E-state index contributed by atoms with van der Waals surface area (Å²) in [5, 5.41) is 0.813. The van der Waals surface area contributed by atoms with Crippen molar-refractivity contribution >= 4 is 49.4 Å². The molecule has 120 valence electrons. The Morgan fingerprint density at radius 1 is 1.17 bits per heavy atom. The third-order valence-electron chi connectivity index (χ3n) is 3.13. The van der Waals surface area contributed by atoms with Crippen LogP contribution in [0.25, 0.3) is 0 Å². The van der Waals surface area contributed by atoms with Crippen LogP contribution in [0, 0.1) is 0 Å². The lowest BCUT2D eigenvalue weighted by molar-refractivity contribution is 0.103. The summed E-state index contributed by atoms with van der Waals surface area (Å²) in [5.41, 5.74) is 1.38. The number of ether oxygens (including phenoxy) is 1. The summed E-state index contributed by atoms with van der Waals surface area (Å²) < 4.78 is 6.63. The first-order valence-electron chi connectivity index (χ1n) is 6.97. The Morgan fingerprint density at radius 3 is 2.57 bits per heavy atom. The minimum Gasteiger partial charge on any atom is -0.490 e. The van der Waals surface area contributed by atoms with Gasteiger partial charge in [0.25, 0.3) is 0 Å². The summed E-state index contributed by atoms with van der Waals surface area (Å²) in [4.78, 5) is 13.6. The fourth-order valence-electron chi connectivity index (χ4n) is 1.98. The van der Waals surface area contributed by atoms with Gasteiger partial charge in [0.1, 0.15) is 12.4 Å². The molecule has 0 saturated heterocycles. The van der Waals surface area contributed by atoms with Gasteiger partial charge in [-0.1, -0.05) is 44.0 Å². The molecule has 0 radical (unpaired) electrons. The molecule has 0 bridgehead atoms. The lowest BCUT2D eigenvalue weighted by Gasteiger charge is -2.10. The van der Waals surface area contributed by atoms with E-state index in [4.69, 9.17) is 4.74 Å². The zero-order valence-electron chi connectivity index (χ0n) is 12.6. The predicted molar refractivity (Wildman–Crippen MR) is 104 cm³/mol. The summed E-state index contributed by atoms with van der Waals surface area (Å²) in [6.07, 6.45) is 5.90. The Morgan fingerprint density at radius 2 is 1.91 bits per heavy atom. The average Bonchev–Trinajstić information content (AvgIpc) is 2.58. The van der Waals surface area contributed by atoms with Crippen LogP contribution in [0.1, 0.15) is 15.9 Å². The maximum absolute atomic E-state index is 12.7. The molecule has 2 rings (SSSR count). The normalized spacial score (nSPS) is 10.9. The number of hydrogen-bond donors (Lipinski definition) is 0. The number of rotatable bonds is 7. The fraction of sp³-hybridized carbons (Fsp3) is 0.167. The molecule has 5 heteroatoms. The van der Waals surface area contributed by atoms with Crippen molar-refractivity contribution in [3.8, 4) is 5.75 Å². The summed E-state index contributed by atoms with van der Waals surface area (Å²) in [7, 11) is 0. The Hall–Kier alpha value is -1.04. The second kappa shape index (κ2) is 9.30. The van der Waals surface area contributed by atoms with E-state index >= 15 is 0 Å². The molecule has 0 aromatic heterocycles. The van der Waals surface area contributed by atoms with Gasteiger partial charge in [0.2, 0.25) is 0 Å². The highest BCUT2D eigenvalue weighted by atomic mass is 79.9. The highest BCUT2D eigenvalue weighted by Gasteiger charge is 2.14. The highest BCUT2D eigenvalue weighted by Crippen LogP contribution is 2.28. The average molecular weight is 456 g/mol. The first-order chi connectivity index (χ1) is 11.2. The van der Waals surface area contributed by atoms with E-state index in [9.17, 15) is 4.79 Å². The van der Waals surface area contributed by atoms with Gasteiger partial charge in [0, 0.05) is 25.8 Å². The van der Waals surface area contributed by atoms with Crippen molar-refractivity contribution in [2.24, 2.45) is 0 Å². The van der Waals surface area contributed by atoms with Crippen LogP contribution >= 0.6 is 43.6 Å². The first kappa shape index (κ1) is 18.3. The van der Waals surface area contributed by atoms with E-state index in [1.54, 1.807) is 11.8 Å². The smallest absolute Gasteiger partial charge is 0.194 e. The fourth-order valence-corrected chi connectivity index (χ4v) is 3.12. The number of carbonyl (C=O) groups is 1. The number of benzene rings is 2. The molecule has 0 unspecified atom stereocenters. The van der Waals surface area contributed by atoms with Gasteiger partial charge < -0.3 is 4.74 Å². The topological polar surface area (TPSA) is 26.3 Å². The molecule has 0 N–H and O–H groups in total. The predicted octanol–water partition coefficient (Wildman–Crippen LogP) is 5.73. The van der Waals surface area contributed by atoms with Crippen molar-refractivity contribution in [1.82, 2.24) is 0 Å². The van der Waals surface area contributed by atoms with Crippen molar-refractivity contribution in [2.75, 3.05) is 18.2 Å². The second-order valence-electron chi connectivity index (χ2n) is 4.63. The molecule has 0 amide bonds. The molecular weight excluding hydrogens is 440 g/mol. The minimum absolute atomic E-state index is 0.0209. The molecule has 2 nitrogen and oxygen atoms in total. The van der Waals surface area contributed by atoms with Crippen LogP contribution in [0.3, 0.4) is 0 Å². The van der Waals surface area contributed by atoms with E-state index in [-0.39, 0.29) is 5.78 Å². The van der Waals surface area contributed by atoms with Gasteiger partial charge in [-0.05, 0) is 48.7 Å². The summed E-state index contributed by atoms with van der Waals surface area (Å²) >= 11 is 8.25. The molecule has 0 aliphatic carbocycles. The van der Waals surface area contributed by atoms with Gasteiger partial charge in [-0.25, -0.2) is 0 Å². The van der Waals surface area contributed by atoms with Crippen molar-refractivity contribution in [3.63, 3.8) is 0 Å². The number of carbonyl (C=O) groups excluding carboxylic acids is 1. The molecule has 2 aromatic carbocycles. The van der Waals surface area contributed by atoms with Crippen LogP contribution in [-0.4, -0.2) is 24.0 Å². The molecule has 0 saturated carbocycles. The number of halogens is 2. The molecule has 0 atom stereocenters. The molecule has 0 aliphatic rings. The molecule has 23 heavy (non-hydrogen) atoms. The molecule has 0 spiro atoms. The van der Waals surface area contributed by atoms with Crippen LogP contribution in [0.4, 0.5) is 0 Å². The van der Waals surface area contributed by atoms with E-state index in [1.165, 1.54) is 0 Å². The minimum atomic E-state index is 0.0209. The highest BCUT2D eigenvalue weighted by molar-refractivity contribution is 9.10. The number of hydrogen-bond acceptors (Lipinski definition) is 3. The Labute approximate surface area is 157 Å². The van der Waals surface area contributed by atoms with Gasteiger partial charge in [-0.3, -0.25) is 4.79 Å². The summed E-state index contributed by atoms with van der Waals surface area (Å²) in [5.74, 6) is 0.786. The van der Waals surface area contributed by atoms with E-state index in [0.717, 1.165) is 20.4 Å². The zero-order chi connectivity index (χ0) is 16.7. The van der Waals surface area contributed by atoms with E-state index < -0.39 is 0 Å². The molecule has 0 fully saturated rings. The van der Waals surface area contributed by atoms with E-state index in [2.05, 4.69) is 31.9 Å². The third kappa shape index (κ3) is 5.23. The van der Waals surface area contributed by atoms with Gasteiger partial charge >= 0.3 is 0 Å². The second-order valence-corrected chi connectivity index (χ2v) is 7.05. The van der Waals surface area contributed by atoms with Gasteiger partial charge in [0.15, 0.2) is 5.78 Å². The number of thioether (sulfide) groups is 1. The third-order valence-corrected chi connectivity index (χ3v) is 4.81. The van der Waals surface area contributed by atoms with Gasteiger partial charge in [-0.2, -0.15) is 0 Å². The van der Waals surface area contributed by atoms with Crippen molar-refractivity contribution in [3.05, 3.63) is 70.2 Å². The van der Waals surface area contributed by atoms with Crippen LogP contribution in [-0.2, 0) is 0 Å². The first-order valence-corrected chi connectivity index (χ1v) is 10.1. The van der Waals surface area contributed by atoms with E-state index in [1.807, 2.05) is 60.9 Å². The number of alkyl halides is 1. The molecular formula is C18H16Br2O2S. The van der Waals surface area contributed by atoms with Crippen LogP contribution in [0.5, 0.6) is 5.75 Å². The van der Waals surface area contributed by atoms with Crippen molar-refractivity contribution < 1.29 is 9.53 Å². The molecule has 2 aromatic rings. The van der Waals surface area contributed by atoms with Crippen LogP contribution in [0.2, 0.25) is 0 Å². The summed E-state index contributed by atoms with van der Waals surface area (Å²) in [6.45, 7) is 0.513. The zero-order valence-corrected chi connectivity index (χ0v) is 16.6. The van der Waals surface area contributed by atoms with Gasteiger partial charge in [0.05, 0.1) is 0 Å². The standard InChI is InChI=1S/C18H16Br2O2S/c1-23-17-12-15(22-11-3-2-10-19)8-9-16(17)18(21)13-4-6-14(20)7-5-13/h2-9,12H,10-11H2,1H3. The van der Waals surface area contributed by atoms with Crippen LogP contribution < -0.4 is 4.74 Å². The lowest BCUT2D eigenvalue weighted by Crippen LogP contribution is -2.03. The maximum Gasteiger partial charge on any atom is 0.194 e. The molecule has 0 heterocycles. The van der Waals surface area contributed by atoms with E-state index in [0.29, 0.717) is 17.7 Å².